The highest BCUT2D eigenvalue weighted by Gasteiger charge is 2.06. The summed E-state index contributed by atoms with van der Waals surface area (Å²) in [5.74, 6) is -0.241. The van der Waals surface area contributed by atoms with E-state index in [1.54, 1.807) is 49.5 Å². The van der Waals surface area contributed by atoms with Gasteiger partial charge in [0, 0.05) is 23.8 Å². The molecule has 2 rings (SSSR count). The lowest BCUT2D eigenvalue weighted by Crippen LogP contribution is -2.14. The van der Waals surface area contributed by atoms with E-state index in [2.05, 4.69) is 15.6 Å². The number of nitrogens with zero attached hydrogens (tertiary/aromatic N) is 1. The van der Waals surface area contributed by atoms with E-state index in [-0.39, 0.29) is 5.91 Å². The monoisotopic (exact) mass is 285 g/mol. The molecule has 0 aliphatic heterocycles. The molecule has 0 bridgehead atoms. The van der Waals surface area contributed by atoms with E-state index in [1.807, 2.05) is 0 Å². The molecule has 0 aliphatic rings. The van der Waals surface area contributed by atoms with Gasteiger partial charge in [0.05, 0.1) is 12.2 Å². The molecule has 2 amide bonds. The SMILES string of the molecule is CCOC(=O)Nc1ccc(NC(=O)c2cccnc2)cc1. The molecule has 1 heterocycles. The molecule has 0 aliphatic carbocycles. The molecule has 0 saturated carbocycles. The lowest BCUT2D eigenvalue weighted by Gasteiger charge is -2.07. The van der Waals surface area contributed by atoms with Gasteiger partial charge in [-0.25, -0.2) is 4.79 Å². The highest BCUT2D eigenvalue weighted by molar-refractivity contribution is 6.04. The van der Waals surface area contributed by atoms with Crippen LogP contribution in [-0.2, 0) is 4.74 Å². The van der Waals surface area contributed by atoms with Crippen molar-refractivity contribution in [1.82, 2.24) is 4.98 Å². The molecule has 2 N–H and O–H groups in total. The van der Waals surface area contributed by atoms with Gasteiger partial charge in [0.25, 0.3) is 5.91 Å². The summed E-state index contributed by atoms with van der Waals surface area (Å²) in [7, 11) is 0. The maximum Gasteiger partial charge on any atom is 0.411 e. The van der Waals surface area contributed by atoms with E-state index in [0.717, 1.165) is 0 Å². The van der Waals surface area contributed by atoms with Crippen LogP contribution in [0.1, 0.15) is 17.3 Å². The maximum atomic E-state index is 11.9. The third kappa shape index (κ3) is 4.31. The van der Waals surface area contributed by atoms with Crippen LogP contribution in [0.3, 0.4) is 0 Å². The summed E-state index contributed by atoms with van der Waals surface area (Å²) in [5, 5.41) is 5.31. The number of hydrogen-bond acceptors (Lipinski definition) is 4. The number of ether oxygens (including phenoxy) is 1. The second kappa shape index (κ2) is 7.04. The summed E-state index contributed by atoms with van der Waals surface area (Å²) in [6, 6.07) is 10.1. The fraction of sp³-hybridized carbons (Fsp3) is 0.133. The Kier molecular flexibility index (Phi) is 4.87. The van der Waals surface area contributed by atoms with Crippen LogP contribution in [0, 0.1) is 0 Å². The summed E-state index contributed by atoms with van der Waals surface area (Å²) >= 11 is 0. The van der Waals surface area contributed by atoms with Crippen molar-refractivity contribution in [2.45, 2.75) is 6.92 Å². The fourth-order valence-electron chi connectivity index (χ4n) is 1.62. The Morgan fingerprint density at radius 2 is 1.76 bits per heavy atom. The van der Waals surface area contributed by atoms with E-state index >= 15 is 0 Å². The van der Waals surface area contributed by atoms with E-state index in [0.29, 0.717) is 23.5 Å². The van der Waals surface area contributed by atoms with Crippen LogP contribution >= 0.6 is 0 Å². The number of carbonyl (C=O) groups is 2. The largest absolute Gasteiger partial charge is 0.450 e. The first-order valence-corrected chi connectivity index (χ1v) is 6.44. The molecule has 108 valence electrons. The van der Waals surface area contributed by atoms with Crippen LogP contribution in [-0.4, -0.2) is 23.6 Å². The molecule has 0 unspecified atom stereocenters. The number of rotatable bonds is 4. The Morgan fingerprint density at radius 1 is 1.10 bits per heavy atom. The highest BCUT2D eigenvalue weighted by Crippen LogP contribution is 2.14. The molecule has 0 fully saturated rings. The summed E-state index contributed by atoms with van der Waals surface area (Å²) in [6.45, 7) is 2.04. The second-order valence-electron chi connectivity index (χ2n) is 4.12. The fourth-order valence-corrected chi connectivity index (χ4v) is 1.62. The number of carbonyl (C=O) groups excluding carboxylic acids is 2. The molecular formula is C15H15N3O3. The zero-order valence-corrected chi connectivity index (χ0v) is 11.5. The van der Waals surface area contributed by atoms with Crippen LogP contribution in [0.25, 0.3) is 0 Å². The van der Waals surface area contributed by atoms with Gasteiger partial charge < -0.3 is 10.1 Å². The predicted molar refractivity (Wildman–Crippen MR) is 79.3 cm³/mol. The maximum absolute atomic E-state index is 11.9. The lowest BCUT2D eigenvalue weighted by atomic mass is 10.2. The number of aromatic nitrogens is 1. The van der Waals surface area contributed by atoms with E-state index < -0.39 is 6.09 Å². The van der Waals surface area contributed by atoms with Gasteiger partial charge in [-0.15, -0.1) is 0 Å². The van der Waals surface area contributed by atoms with E-state index in [4.69, 9.17) is 4.74 Å². The molecule has 0 saturated heterocycles. The summed E-state index contributed by atoms with van der Waals surface area (Å²) in [4.78, 5) is 27.1. The smallest absolute Gasteiger partial charge is 0.411 e. The van der Waals surface area contributed by atoms with Crippen molar-refractivity contribution in [3.8, 4) is 0 Å². The summed E-state index contributed by atoms with van der Waals surface area (Å²) < 4.78 is 4.77. The number of benzene rings is 1. The molecule has 0 atom stereocenters. The van der Waals surface area contributed by atoms with Crippen LogP contribution in [0.5, 0.6) is 0 Å². The Morgan fingerprint density at radius 3 is 2.33 bits per heavy atom. The Hall–Kier alpha value is -2.89. The molecular weight excluding hydrogens is 270 g/mol. The van der Waals surface area contributed by atoms with Gasteiger partial charge in [0.2, 0.25) is 0 Å². The van der Waals surface area contributed by atoms with Crippen molar-refractivity contribution in [3.63, 3.8) is 0 Å². The van der Waals surface area contributed by atoms with Crippen LogP contribution in [0.15, 0.2) is 48.8 Å². The number of anilines is 2. The van der Waals surface area contributed by atoms with Crippen LogP contribution < -0.4 is 10.6 Å². The standard InChI is InChI=1S/C15H15N3O3/c1-2-21-15(20)18-13-7-5-12(6-8-13)17-14(19)11-4-3-9-16-10-11/h3-10H,2H2,1H3,(H,17,19)(H,18,20). The zero-order valence-electron chi connectivity index (χ0n) is 11.5. The van der Waals surface area contributed by atoms with Gasteiger partial charge in [-0.3, -0.25) is 15.1 Å². The first kappa shape index (κ1) is 14.5. The third-order valence-corrected chi connectivity index (χ3v) is 2.59. The van der Waals surface area contributed by atoms with E-state index in [1.165, 1.54) is 6.20 Å². The number of pyridine rings is 1. The molecule has 0 radical (unpaired) electrons. The number of hydrogen-bond donors (Lipinski definition) is 2. The third-order valence-electron chi connectivity index (χ3n) is 2.59. The average Bonchev–Trinajstić information content (AvgIpc) is 2.50. The molecule has 2 aromatic rings. The Labute approximate surface area is 122 Å². The predicted octanol–water partition coefficient (Wildman–Crippen LogP) is 2.90. The second-order valence-corrected chi connectivity index (χ2v) is 4.12. The van der Waals surface area contributed by atoms with Gasteiger partial charge in [0.1, 0.15) is 0 Å². The molecule has 21 heavy (non-hydrogen) atoms. The first-order chi connectivity index (χ1) is 10.2. The van der Waals surface area contributed by atoms with Crippen LogP contribution in [0.4, 0.5) is 16.2 Å². The van der Waals surface area contributed by atoms with E-state index in [9.17, 15) is 9.59 Å². The van der Waals surface area contributed by atoms with Crippen molar-refractivity contribution in [2.24, 2.45) is 0 Å². The minimum atomic E-state index is -0.510. The minimum absolute atomic E-state index is 0.241. The number of amides is 2. The molecule has 6 heteroatoms. The average molecular weight is 285 g/mol. The van der Waals surface area contributed by atoms with Gasteiger partial charge in [-0.2, -0.15) is 0 Å². The normalized spacial score (nSPS) is 9.76. The van der Waals surface area contributed by atoms with Crippen molar-refractivity contribution in [2.75, 3.05) is 17.2 Å². The van der Waals surface area contributed by atoms with Gasteiger partial charge in [-0.1, -0.05) is 0 Å². The number of nitrogens with one attached hydrogen (secondary N) is 2. The van der Waals surface area contributed by atoms with Gasteiger partial charge >= 0.3 is 6.09 Å². The van der Waals surface area contributed by atoms with Crippen molar-refractivity contribution in [3.05, 3.63) is 54.4 Å². The quantitative estimate of drug-likeness (QED) is 0.905. The summed E-state index contributed by atoms with van der Waals surface area (Å²) in [5.41, 5.74) is 1.69. The zero-order chi connectivity index (χ0) is 15.1. The molecule has 1 aromatic heterocycles. The topological polar surface area (TPSA) is 80.3 Å². The highest BCUT2D eigenvalue weighted by atomic mass is 16.5. The lowest BCUT2D eigenvalue weighted by molar-refractivity contribution is 0.102. The van der Waals surface area contributed by atoms with Gasteiger partial charge in [-0.05, 0) is 43.3 Å². The van der Waals surface area contributed by atoms with Crippen molar-refractivity contribution in [1.29, 1.82) is 0 Å². The molecule has 1 aromatic carbocycles. The minimum Gasteiger partial charge on any atom is -0.450 e. The Balaban J connectivity index is 1.96. The summed E-state index contributed by atoms with van der Waals surface area (Å²) in [6.07, 6.45) is 2.59. The van der Waals surface area contributed by atoms with Crippen molar-refractivity contribution >= 4 is 23.4 Å². The molecule has 0 spiro atoms. The van der Waals surface area contributed by atoms with Crippen molar-refractivity contribution < 1.29 is 14.3 Å². The first-order valence-electron chi connectivity index (χ1n) is 6.44. The Bertz CT molecular complexity index is 612. The van der Waals surface area contributed by atoms with Crippen LogP contribution in [0.2, 0.25) is 0 Å². The molecule has 6 nitrogen and oxygen atoms in total. The van der Waals surface area contributed by atoms with Gasteiger partial charge in [0.15, 0.2) is 0 Å².